The van der Waals surface area contributed by atoms with Crippen molar-refractivity contribution in [3.05, 3.63) is 29.1 Å². The summed E-state index contributed by atoms with van der Waals surface area (Å²) >= 11 is 0. The van der Waals surface area contributed by atoms with Crippen molar-refractivity contribution < 1.29 is 19.4 Å². The molecule has 82 valence electrons. The lowest BCUT2D eigenvalue weighted by Gasteiger charge is -2.06. The molecule has 0 fully saturated rings. The van der Waals surface area contributed by atoms with Crippen LogP contribution in [0.15, 0.2) is 12.1 Å². The van der Waals surface area contributed by atoms with Gasteiger partial charge in [-0.3, -0.25) is 4.79 Å². The van der Waals surface area contributed by atoms with Crippen LogP contribution in [-0.2, 0) is 6.42 Å². The van der Waals surface area contributed by atoms with Crippen LogP contribution in [0.5, 0.6) is 5.75 Å². The van der Waals surface area contributed by atoms with Crippen LogP contribution in [0.25, 0.3) is 0 Å². The topological polar surface area (TPSA) is 57.5 Å². The predicted molar refractivity (Wildman–Crippen MR) is 53.5 cm³/mol. The van der Waals surface area contributed by atoms with Crippen LogP contribution in [0, 0.1) is 5.82 Å². The quantitative estimate of drug-likeness (QED) is 0.746. The van der Waals surface area contributed by atoms with Gasteiger partial charge in [-0.05, 0) is 24.1 Å². The molecular weight excluding hydrogens is 199 g/mol. The summed E-state index contributed by atoms with van der Waals surface area (Å²) in [6.45, 7) is 1.20. The number of hydrogen-bond donors (Lipinski definition) is 2. The molecule has 0 aliphatic rings. The molecule has 3 nitrogen and oxygen atoms in total. The molecule has 0 saturated carbocycles. The number of benzene rings is 1. The first-order valence-corrected chi connectivity index (χ1v) is 4.75. The van der Waals surface area contributed by atoms with Gasteiger partial charge in [-0.1, -0.05) is 13.3 Å². The van der Waals surface area contributed by atoms with E-state index in [-0.39, 0.29) is 5.56 Å². The molecule has 0 aliphatic carbocycles. The van der Waals surface area contributed by atoms with Gasteiger partial charge < -0.3 is 10.2 Å². The second-order valence-corrected chi connectivity index (χ2v) is 3.31. The zero-order valence-corrected chi connectivity index (χ0v) is 8.46. The Hall–Kier alpha value is -1.42. The van der Waals surface area contributed by atoms with E-state index in [0.29, 0.717) is 12.0 Å². The second kappa shape index (κ2) is 4.89. The average Bonchev–Trinajstić information content (AvgIpc) is 2.22. The zero-order chi connectivity index (χ0) is 11.4. The van der Waals surface area contributed by atoms with Crippen molar-refractivity contribution in [2.24, 2.45) is 0 Å². The Kier molecular flexibility index (Phi) is 3.80. The normalized spacial score (nSPS) is 10.3. The molecule has 0 spiro atoms. The minimum Gasteiger partial charge on any atom is -0.504 e. The summed E-state index contributed by atoms with van der Waals surface area (Å²) in [7, 11) is 0. The Morgan fingerprint density at radius 2 is 2.13 bits per heavy atom. The van der Waals surface area contributed by atoms with Crippen LogP contribution in [0.3, 0.4) is 0 Å². The molecule has 1 aromatic carbocycles. The molecule has 0 radical (unpaired) electrons. The molecule has 0 heterocycles. The number of phenolic OH excluding ortho intramolecular Hbond substituents is 1. The number of halogens is 1. The predicted octanol–water partition coefficient (Wildman–Crippen LogP) is 1.66. The highest BCUT2D eigenvalue weighted by Gasteiger charge is 2.15. The highest BCUT2D eigenvalue weighted by atomic mass is 19.1. The van der Waals surface area contributed by atoms with Crippen molar-refractivity contribution in [1.82, 2.24) is 0 Å². The average molecular weight is 212 g/mol. The van der Waals surface area contributed by atoms with Crippen LogP contribution in [0.4, 0.5) is 4.39 Å². The van der Waals surface area contributed by atoms with Gasteiger partial charge in [-0.15, -0.1) is 0 Å². The fraction of sp³-hybridized carbons (Fsp3) is 0.364. The van der Waals surface area contributed by atoms with Crippen LogP contribution in [0.1, 0.15) is 29.3 Å². The van der Waals surface area contributed by atoms with Gasteiger partial charge in [0.1, 0.15) is 6.61 Å². The SMILES string of the molecule is CCCc1cc(F)c(O)c(C(=O)CO)c1. The van der Waals surface area contributed by atoms with Gasteiger partial charge in [-0.2, -0.15) is 0 Å². The van der Waals surface area contributed by atoms with Crippen LogP contribution in [0.2, 0.25) is 0 Å². The monoisotopic (exact) mass is 212 g/mol. The lowest BCUT2D eigenvalue weighted by atomic mass is 10.0. The van der Waals surface area contributed by atoms with E-state index in [4.69, 9.17) is 5.11 Å². The first-order valence-electron chi connectivity index (χ1n) is 4.75. The van der Waals surface area contributed by atoms with Gasteiger partial charge in [0.2, 0.25) is 0 Å². The number of aliphatic hydroxyl groups is 1. The van der Waals surface area contributed by atoms with Crippen molar-refractivity contribution in [2.45, 2.75) is 19.8 Å². The number of aliphatic hydroxyl groups excluding tert-OH is 1. The fourth-order valence-corrected chi connectivity index (χ4v) is 1.39. The Labute approximate surface area is 87.2 Å². The number of ketones is 1. The lowest BCUT2D eigenvalue weighted by Crippen LogP contribution is -2.06. The zero-order valence-electron chi connectivity index (χ0n) is 8.46. The number of aromatic hydroxyl groups is 1. The summed E-state index contributed by atoms with van der Waals surface area (Å²) in [5.74, 6) is -2.18. The third-order valence-electron chi connectivity index (χ3n) is 2.11. The van der Waals surface area contributed by atoms with Gasteiger partial charge >= 0.3 is 0 Å². The van der Waals surface area contributed by atoms with Crippen molar-refractivity contribution in [1.29, 1.82) is 0 Å². The van der Waals surface area contributed by atoms with Crippen LogP contribution < -0.4 is 0 Å². The number of carbonyl (C=O) groups is 1. The smallest absolute Gasteiger partial charge is 0.192 e. The molecule has 4 heteroatoms. The number of aryl methyl sites for hydroxylation is 1. The van der Waals surface area contributed by atoms with E-state index in [1.807, 2.05) is 6.92 Å². The number of carbonyl (C=O) groups excluding carboxylic acids is 1. The summed E-state index contributed by atoms with van der Waals surface area (Å²) in [6, 6.07) is 2.62. The first kappa shape index (κ1) is 11.7. The van der Waals surface area contributed by atoms with Crippen LogP contribution in [-0.4, -0.2) is 22.6 Å². The standard InChI is InChI=1S/C11H13FO3/c1-2-3-7-4-8(10(14)6-13)11(15)9(12)5-7/h4-5,13,15H,2-3,6H2,1H3. The van der Waals surface area contributed by atoms with Gasteiger partial charge in [0.15, 0.2) is 17.3 Å². The third-order valence-corrected chi connectivity index (χ3v) is 2.11. The maximum Gasteiger partial charge on any atom is 0.192 e. The van der Waals surface area contributed by atoms with Crippen molar-refractivity contribution in [3.63, 3.8) is 0 Å². The molecule has 0 amide bonds. The van der Waals surface area contributed by atoms with Crippen molar-refractivity contribution in [2.75, 3.05) is 6.61 Å². The van der Waals surface area contributed by atoms with E-state index in [9.17, 15) is 14.3 Å². The van der Waals surface area contributed by atoms with Gasteiger partial charge in [-0.25, -0.2) is 4.39 Å². The van der Waals surface area contributed by atoms with Gasteiger partial charge in [0.25, 0.3) is 0 Å². The molecule has 0 aromatic heterocycles. The third kappa shape index (κ3) is 2.53. The fourth-order valence-electron chi connectivity index (χ4n) is 1.39. The van der Waals surface area contributed by atoms with E-state index in [0.717, 1.165) is 6.42 Å². The molecule has 0 saturated heterocycles. The molecule has 15 heavy (non-hydrogen) atoms. The van der Waals surface area contributed by atoms with Crippen molar-refractivity contribution >= 4 is 5.78 Å². The number of Topliss-reactive ketones (excluding diaryl/α,β-unsaturated/α-hetero) is 1. The number of hydrogen-bond acceptors (Lipinski definition) is 3. The summed E-state index contributed by atoms with van der Waals surface area (Å²) < 4.78 is 13.2. The minimum absolute atomic E-state index is 0.152. The van der Waals surface area contributed by atoms with Gasteiger partial charge in [0, 0.05) is 0 Å². The highest BCUT2D eigenvalue weighted by molar-refractivity contribution is 5.99. The summed E-state index contributed by atoms with van der Waals surface area (Å²) in [6.07, 6.45) is 1.44. The van der Waals surface area contributed by atoms with Crippen LogP contribution >= 0.6 is 0 Å². The maximum atomic E-state index is 13.2. The van der Waals surface area contributed by atoms with E-state index < -0.39 is 24.0 Å². The molecule has 0 unspecified atom stereocenters. The minimum atomic E-state index is -0.822. The Morgan fingerprint density at radius 3 is 2.67 bits per heavy atom. The van der Waals surface area contributed by atoms with Crippen molar-refractivity contribution in [3.8, 4) is 5.75 Å². The Balaban J connectivity index is 3.18. The summed E-state index contributed by atoms with van der Waals surface area (Å²) in [4.78, 5) is 11.2. The van der Waals surface area contributed by atoms with E-state index in [2.05, 4.69) is 0 Å². The number of phenols is 1. The number of rotatable bonds is 4. The van der Waals surface area contributed by atoms with E-state index in [1.54, 1.807) is 0 Å². The molecular formula is C11H13FO3. The lowest BCUT2D eigenvalue weighted by molar-refractivity contribution is 0.0900. The highest BCUT2D eigenvalue weighted by Crippen LogP contribution is 2.24. The Bertz CT molecular complexity index is 374. The first-order chi connectivity index (χ1) is 7.10. The van der Waals surface area contributed by atoms with Gasteiger partial charge in [0.05, 0.1) is 5.56 Å². The second-order valence-electron chi connectivity index (χ2n) is 3.31. The largest absolute Gasteiger partial charge is 0.504 e. The Morgan fingerprint density at radius 1 is 1.47 bits per heavy atom. The maximum absolute atomic E-state index is 13.2. The molecule has 1 rings (SSSR count). The summed E-state index contributed by atoms with van der Waals surface area (Å²) in [5, 5.41) is 17.9. The molecule has 0 atom stereocenters. The molecule has 2 N–H and O–H groups in total. The molecule has 0 bridgehead atoms. The van der Waals surface area contributed by atoms with E-state index >= 15 is 0 Å². The summed E-state index contributed by atoms with van der Waals surface area (Å²) in [5.41, 5.74) is 0.491. The van der Waals surface area contributed by atoms with E-state index in [1.165, 1.54) is 12.1 Å². The molecule has 1 aromatic rings. The molecule has 0 aliphatic heterocycles.